The zero-order valence-corrected chi connectivity index (χ0v) is 12.0. The molecule has 0 saturated heterocycles. The predicted molar refractivity (Wildman–Crippen MR) is 80.3 cm³/mol. The van der Waals surface area contributed by atoms with Crippen LogP contribution in [0.5, 0.6) is 5.75 Å². The van der Waals surface area contributed by atoms with Crippen molar-refractivity contribution in [1.29, 1.82) is 0 Å². The van der Waals surface area contributed by atoms with Crippen molar-refractivity contribution in [2.45, 2.75) is 18.4 Å². The Bertz CT molecular complexity index is 597. The van der Waals surface area contributed by atoms with Crippen LogP contribution in [0.4, 0.5) is 0 Å². The molecule has 104 valence electrons. The van der Waals surface area contributed by atoms with Crippen molar-refractivity contribution in [3.05, 3.63) is 64.7 Å². The molecule has 3 heteroatoms. The van der Waals surface area contributed by atoms with Gasteiger partial charge in [-0.25, -0.2) is 0 Å². The first-order valence-corrected chi connectivity index (χ1v) is 7.15. The lowest BCUT2D eigenvalue weighted by Crippen LogP contribution is -2.02. The van der Waals surface area contributed by atoms with E-state index in [0.717, 1.165) is 12.0 Å². The first-order valence-electron chi connectivity index (χ1n) is 6.77. The molecule has 2 aromatic rings. The molecule has 3 rings (SSSR count). The van der Waals surface area contributed by atoms with Gasteiger partial charge in [0.2, 0.25) is 0 Å². The number of methoxy groups -OCH3 is 1. The van der Waals surface area contributed by atoms with E-state index in [4.69, 9.17) is 16.3 Å². The maximum Gasteiger partial charge on any atom is 0.137 e. The fourth-order valence-electron chi connectivity index (χ4n) is 2.75. The molecular formula is C17H17ClO2. The lowest BCUT2D eigenvalue weighted by Gasteiger charge is -2.13. The molecule has 0 aromatic heterocycles. The third-order valence-corrected chi connectivity index (χ3v) is 4.30. The van der Waals surface area contributed by atoms with Crippen LogP contribution in [0.2, 0.25) is 5.02 Å². The molecular weight excluding hydrogens is 272 g/mol. The maximum absolute atomic E-state index is 10.5. The summed E-state index contributed by atoms with van der Waals surface area (Å²) >= 11 is 6.01. The number of aliphatic hydroxyl groups is 1. The van der Waals surface area contributed by atoms with Gasteiger partial charge in [-0.15, -0.1) is 0 Å². The number of halogens is 1. The summed E-state index contributed by atoms with van der Waals surface area (Å²) in [5.74, 6) is 1.34. The topological polar surface area (TPSA) is 29.5 Å². The SMILES string of the molecule is COc1cc(C(O)C2CC2c2ccccc2)ccc1Cl. The average Bonchev–Trinajstić information content (AvgIpc) is 3.28. The minimum absolute atomic E-state index is 0.281. The molecule has 1 fully saturated rings. The van der Waals surface area contributed by atoms with E-state index >= 15 is 0 Å². The van der Waals surface area contributed by atoms with E-state index in [9.17, 15) is 5.11 Å². The summed E-state index contributed by atoms with van der Waals surface area (Å²) in [5, 5.41) is 11.1. The summed E-state index contributed by atoms with van der Waals surface area (Å²) in [7, 11) is 1.58. The first-order chi connectivity index (χ1) is 9.70. The molecule has 2 aromatic carbocycles. The van der Waals surface area contributed by atoms with Gasteiger partial charge in [0, 0.05) is 0 Å². The summed E-state index contributed by atoms with van der Waals surface area (Å²) in [6, 6.07) is 15.8. The summed E-state index contributed by atoms with van der Waals surface area (Å²) in [4.78, 5) is 0. The van der Waals surface area contributed by atoms with E-state index in [1.807, 2.05) is 30.3 Å². The maximum atomic E-state index is 10.5. The van der Waals surface area contributed by atoms with E-state index < -0.39 is 6.10 Å². The highest BCUT2D eigenvalue weighted by Gasteiger charge is 2.43. The summed E-state index contributed by atoms with van der Waals surface area (Å²) in [6.45, 7) is 0. The molecule has 20 heavy (non-hydrogen) atoms. The number of rotatable bonds is 4. The van der Waals surface area contributed by atoms with Gasteiger partial charge >= 0.3 is 0 Å². The molecule has 0 bridgehead atoms. The molecule has 0 aliphatic heterocycles. The van der Waals surface area contributed by atoms with Crippen LogP contribution < -0.4 is 4.74 Å². The second-order valence-corrected chi connectivity index (χ2v) is 5.66. The third kappa shape index (κ3) is 2.54. The van der Waals surface area contributed by atoms with Crippen molar-refractivity contribution in [3.63, 3.8) is 0 Å². The summed E-state index contributed by atoms with van der Waals surface area (Å²) in [5.41, 5.74) is 2.17. The van der Waals surface area contributed by atoms with Crippen LogP contribution in [-0.4, -0.2) is 12.2 Å². The Kier molecular flexibility index (Phi) is 3.68. The van der Waals surface area contributed by atoms with Crippen LogP contribution in [0.25, 0.3) is 0 Å². The van der Waals surface area contributed by atoms with E-state index in [1.165, 1.54) is 5.56 Å². The molecule has 0 heterocycles. The molecule has 0 amide bonds. The number of benzene rings is 2. The molecule has 1 aliphatic rings. The Morgan fingerprint density at radius 2 is 1.95 bits per heavy atom. The Balaban J connectivity index is 1.76. The molecule has 3 atom stereocenters. The third-order valence-electron chi connectivity index (χ3n) is 3.99. The van der Waals surface area contributed by atoms with Gasteiger partial charge in [0.15, 0.2) is 0 Å². The number of hydrogen-bond acceptors (Lipinski definition) is 2. The van der Waals surface area contributed by atoms with Crippen molar-refractivity contribution < 1.29 is 9.84 Å². The van der Waals surface area contributed by atoms with Crippen LogP contribution in [0, 0.1) is 5.92 Å². The smallest absolute Gasteiger partial charge is 0.137 e. The second kappa shape index (κ2) is 5.47. The zero-order chi connectivity index (χ0) is 14.1. The Hall–Kier alpha value is -1.51. The highest BCUT2D eigenvalue weighted by atomic mass is 35.5. The quantitative estimate of drug-likeness (QED) is 0.914. The van der Waals surface area contributed by atoms with Gasteiger partial charge in [0.25, 0.3) is 0 Å². The fraction of sp³-hybridized carbons (Fsp3) is 0.294. The van der Waals surface area contributed by atoms with Crippen molar-refractivity contribution in [2.24, 2.45) is 5.92 Å². The normalized spacial score (nSPS) is 22.4. The summed E-state index contributed by atoms with van der Waals surface area (Å²) in [6.07, 6.45) is 0.558. The van der Waals surface area contributed by atoms with Gasteiger partial charge in [-0.1, -0.05) is 48.0 Å². The van der Waals surface area contributed by atoms with E-state index in [1.54, 1.807) is 13.2 Å². The Labute approximate surface area is 124 Å². The van der Waals surface area contributed by atoms with Crippen molar-refractivity contribution >= 4 is 11.6 Å². The Morgan fingerprint density at radius 3 is 2.65 bits per heavy atom. The minimum atomic E-state index is -0.466. The van der Waals surface area contributed by atoms with Gasteiger partial charge in [-0.3, -0.25) is 0 Å². The molecule has 3 unspecified atom stereocenters. The molecule has 0 radical (unpaired) electrons. The monoisotopic (exact) mass is 288 g/mol. The number of aliphatic hydroxyl groups excluding tert-OH is 1. The molecule has 1 aliphatic carbocycles. The van der Waals surface area contributed by atoms with Crippen LogP contribution in [0.3, 0.4) is 0 Å². The molecule has 1 saturated carbocycles. The largest absolute Gasteiger partial charge is 0.495 e. The van der Waals surface area contributed by atoms with E-state index in [0.29, 0.717) is 16.7 Å². The molecule has 0 spiro atoms. The number of ether oxygens (including phenoxy) is 1. The highest BCUT2D eigenvalue weighted by Crippen LogP contribution is 2.54. The lowest BCUT2D eigenvalue weighted by atomic mass is 10.0. The second-order valence-electron chi connectivity index (χ2n) is 5.26. The molecule has 1 N–H and O–H groups in total. The average molecular weight is 289 g/mol. The van der Waals surface area contributed by atoms with E-state index in [-0.39, 0.29) is 5.92 Å². The number of hydrogen-bond donors (Lipinski definition) is 1. The minimum Gasteiger partial charge on any atom is -0.495 e. The van der Waals surface area contributed by atoms with Gasteiger partial charge in [-0.2, -0.15) is 0 Å². The van der Waals surface area contributed by atoms with Crippen LogP contribution in [-0.2, 0) is 0 Å². The van der Waals surface area contributed by atoms with Crippen molar-refractivity contribution in [2.75, 3.05) is 7.11 Å². The van der Waals surface area contributed by atoms with Crippen LogP contribution in [0.1, 0.15) is 29.6 Å². The van der Waals surface area contributed by atoms with Crippen LogP contribution >= 0.6 is 11.6 Å². The van der Waals surface area contributed by atoms with Crippen molar-refractivity contribution in [1.82, 2.24) is 0 Å². The lowest BCUT2D eigenvalue weighted by molar-refractivity contribution is 0.151. The van der Waals surface area contributed by atoms with Crippen LogP contribution in [0.15, 0.2) is 48.5 Å². The van der Waals surface area contributed by atoms with Gasteiger partial charge in [0.05, 0.1) is 18.2 Å². The fourth-order valence-corrected chi connectivity index (χ4v) is 2.95. The molecule has 2 nitrogen and oxygen atoms in total. The van der Waals surface area contributed by atoms with Gasteiger partial charge in [-0.05, 0) is 41.5 Å². The standard InChI is InChI=1S/C17H17ClO2/c1-20-16-9-12(7-8-15(16)18)17(19)14-10-13(14)11-5-3-2-4-6-11/h2-9,13-14,17,19H,10H2,1H3. The highest BCUT2D eigenvalue weighted by molar-refractivity contribution is 6.32. The first kappa shape index (κ1) is 13.5. The Morgan fingerprint density at radius 1 is 1.20 bits per heavy atom. The summed E-state index contributed by atoms with van der Waals surface area (Å²) < 4.78 is 5.20. The van der Waals surface area contributed by atoms with E-state index in [2.05, 4.69) is 12.1 Å². The van der Waals surface area contributed by atoms with Gasteiger partial charge in [0.1, 0.15) is 5.75 Å². The van der Waals surface area contributed by atoms with Crippen molar-refractivity contribution in [3.8, 4) is 5.75 Å². The predicted octanol–water partition coefficient (Wildman–Crippen LogP) is 4.19. The van der Waals surface area contributed by atoms with Gasteiger partial charge < -0.3 is 9.84 Å². The zero-order valence-electron chi connectivity index (χ0n) is 11.3.